The van der Waals surface area contributed by atoms with Gasteiger partial charge in [-0.2, -0.15) is 0 Å². The Balaban J connectivity index is 1.77. The molecular weight excluding hydrogens is 322 g/mol. The molecule has 1 aliphatic heterocycles. The molecule has 0 saturated carbocycles. The van der Waals surface area contributed by atoms with Crippen LogP contribution in [-0.4, -0.2) is 14.5 Å². The molecule has 0 N–H and O–H groups in total. The number of hydrogen-bond acceptors (Lipinski definition) is 3. The maximum Gasteiger partial charge on any atom is 0.261 e. The summed E-state index contributed by atoms with van der Waals surface area (Å²) in [5.41, 5.74) is 3.49. The molecule has 4 heteroatoms. The van der Waals surface area contributed by atoms with E-state index in [4.69, 9.17) is 4.98 Å². The highest BCUT2D eigenvalue weighted by Crippen LogP contribution is 2.30. The van der Waals surface area contributed by atoms with Gasteiger partial charge >= 0.3 is 0 Å². The second kappa shape index (κ2) is 6.10. The van der Waals surface area contributed by atoms with Gasteiger partial charge in [-0.1, -0.05) is 25.8 Å². The van der Waals surface area contributed by atoms with Crippen LogP contribution in [0.15, 0.2) is 41.2 Å². The fourth-order valence-electron chi connectivity index (χ4n) is 3.39. The zero-order chi connectivity index (χ0) is 18.3. The number of rotatable bonds is 0. The minimum Gasteiger partial charge on any atom is -0.296 e. The zero-order valence-corrected chi connectivity index (χ0v) is 15.3. The zero-order valence-electron chi connectivity index (χ0n) is 15.3. The smallest absolute Gasteiger partial charge is 0.261 e. The van der Waals surface area contributed by atoms with E-state index in [0.717, 1.165) is 47.7 Å². The molecule has 3 aromatic rings. The van der Waals surface area contributed by atoms with Crippen LogP contribution >= 0.6 is 0 Å². The summed E-state index contributed by atoms with van der Waals surface area (Å²) in [7, 11) is 0. The van der Waals surface area contributed by atoms with Crippen LogP contribution in [0.2, 0.25) is 0 Å². The standard InChI is InChI=1S/C22H21N3O/c1-15-5-4-6-17(23-15)9-7-16-8-10-18-19(13-16)24-20-14-22(2,3)11-12-25(20)21(18)26/h4-6,8,10,13H,11-12,14H2,1-3H3. The SMILES string of the molecule is Cc1cccc(C#Cc2ccc3c(=O)n4c(nc3c2)CC(C)(C)CC4)n1. The van der Waals surface area contributed by atoms with Crippen LogP contribution < -0.4 is 5.56 Å². The maximum atomic E-state index is 12.8. The molecule has 0 spiro atoms. The Bertz CT molecular complexity index is 1130. The molecule has 0 amide bonds. The van der Waals surface area contributed by atoms with Crippen molar-refractivity contribution in [2.24, 2.45) is 5.41 Å². The van der Waals surface area contributed by atoms with Crippen LogP contribution in [0.3, 0.4) is 0 Å². The lowest BCUT2D eigenvalue weighted by molar-refractivity contribution is 0.261. The van der Waals surface area contributed by atoms with Gasteiger partial charge in [0.05, 0.1) is 10.9 Å². The lowest BCUT2D eigenvalue weighted by Crippen LogP contribution is -2.35. The van der Waals surface area contributed by atoms with E-state index in [9.17, 15) is 4.79 Å². The molecule has 1 aliphatic rings. The molecule has 0 atom stereocenters. The van der Waals surface area contributed by atoms with E-state index in [1.165, 1.54) is 0 Å². The van der Waals surface area contributed by atoms with Crippen molar-refractivity contribution in [3.63, 3.8) is 0 Å². The normalized spacial score (nSPS) is 15.2. The number of fused-ring (bicyclic) bond motifs is 2. The van der Waals surface area contributed by atoms with Crippen molar-refractivity contribution in [1.82, 2.24) is 14.5 Å². The van der Waals surface area contributed by atoms with Gasteiger partial charge in [0, 0.05) is 24.2 Å². The predicted octanol–water partition coefficient (Wildman–Crippen LogP) is 3.47. The van der Waals surface area contributed by atoms with Crippen LogP contribution in [0.25, 0.3) is 10.9 Å². The highest BCUT2D eigenvalue weighted by molar-refractivity contribution is 5.79. The van der Waals surface area contributed by atoms with Crippen molar-refractivity contribution in [3.8, 4) is 11.8 Å². The van der Waals surface area contributed by atoms with Gasteiger partial charge in [-0.15, -0.1) is 0 Å². The lowest BCUT2D eigenvalue weighted by atomic mass is 9.83. The molecule has 26 heavy (non-hydrogen) atoms. The predicted molar refractivity (Wildman–Crippen MR) is 103 cm³/mol. The van der Waals surface area contributed by atoms with Crippen LogP contribution in [0.4, 0.5) is 0 Å². The summed E-state index contributed by atoms with van der Waals surface area (Å²) in [6, 6.07) is 11.4. The van der Waals surface area contributed by atoms with Gasteiger partial charge < -0.3 is 0 Å². The summed E-state index contributed by atoms with van der Waals surface area (Å²) in [5.74, 6) is 7.10. The van der Waals surface area contributed by atoms with Crippen molar-refractivity contribution in [1.29, 1.82) is 0 Å². The number of benzene rings is 1. The second-order valence-electron chi connectivity index (χ2n) is 7.72. The molecule has 0 saturated heterocycles. The molecule has 3 heterocycles. The van der Waals surface area contributed by atoms with E-state index in [2.05, 4.69) is 30.7 Å². The van der Waals surface area contributed by atoms with Crippen molar-refractivity contribution in [3.05, 3.63) is 69.5 Å². The van der Waals surface area contributed by atoms with Crippen LogP contribution in [0.5, 0.6) is 0 Å². The van der Waals surface area contributed by atoms with Crippen molar-refractivity contribution in [2.45, 2.75) is 40.2 Å². The van der Waals surface area contributed by atoms with Gasteiger partial charge in [0.15, 0.2) is 0 Å². The maximum absolute atomic E-state index is 12.8. The topological polar surface area (TPSA) is 47.8 Å². The van der Waals surface area contributed by atoms with Gasteiger partial charge in [-0.05, 0) is 55.0 Å². The monoisotopic (exact) mass is 343 g/mol. The van der Waals surface area contributed by atoms with E-state index < -0.39 is 0 Å². The lowest BCUT2D eigenvalue weighted by Gasteiger charge is -2.31. The number of pyridine rings is 1. The summed E-state index contributed by atoms with van der Waals surface area (Å²) in [6.07, 6.45) is 1.82. The Labute approximate surface area is 152 Å². The van der Waals surface area contributed by atoms with Gasteiger partial charge in [-0.25, -0.2) is 9.97 Å². The Morgan fingerprint density at radius 3 is 2.77 bits per heavy atom. The summed E-state index contributed by atoms with van der Waals surface area (Å²) in [6.45, 7) is 7.14. The molecule has 1 aromatic carbocycles. The molecule has 0 aliphatic carbocycles. The first-order valence-corrected chi connectivity index (χ1v) is 8.90. The van der Waals surface area contributed by atoms with E-state index in [1.54, 1.807) is 0 Å². The largest absolute Gasteiger partial charge is 0.296 e. The highest BCUT2D eigenvalue weighted by Gasteiger charge is 2.27. The second-order valence-corrected chi connectivity index (χ2v) is 7.72. The van der Waals surface area contributed by atoms with E-state index in [0.29, 0.717) is 5.39 Å². The molecule has 0 bridgehead atoms. The minimum absolute atomic E-state index is 0.0559. The number of nitrogens with zero attached hydrogens (tertiary/aromatic N) is 3. The van der Waals surface area contributed by atoms with Crippen LogP contribution in [-0.2, 0) is 13.0 Å². The van der Waals surface area contributed by atoms with Gasteiger partial charge in [0.1, 0.15) is 11.5 Å². The third-order valence-corrected chi connectivity index (χ3v) is 4.91. The van der Waals surface area contributed by atoms with E-state index in [1.807, 2.05) is 47.9 Å². The number of hydrogen-bond donors (Lipinski definition) is 0. The summed E-state index contributed by atoms with van der Waals surface area (Å²) in [5, 5.41) is 0.660. The van der Waals surface area contributed by atoms with Gasteiger partial charge in [0.2, 0.25) is 0 Å². The summed E-state index contributed by atoms with van der Waals surface area (Å²) >= 11 is 0. The van der Waals surface area contributed by atoms with Crippen LogP contribution in [0, 0.1) is 24.2 Å². The Morgan fingerprint density at radius 1 is 1.12 bits per heavy atom. The van der Waals surface area contributed by atoms with Crippen molar-refractivity contribution in [2.75, 3.05) is 0 Å². The molecule has 130 valence electrons. The first-order chi connectivity index (χ1) is 12.4. The molecule has 4 rings (SSSR count). The Kier molecular flexibility index (Phi) is 3.88. The Morgan fingerprint density at radius 2 is 1.96 bits per heavy atom. The van der Waals surface area contributed by atoms with Gasteiger partial charge in [-0.3, -0.25) is 9.36 Å². The summed E-state index contributed by atoms with van der Waals surface area (Å²) < 4.78 is 1.83. The minimum atomic E-state index is 0.0559. The average molecular weight is 343 g/mol. The first-order valence-electron chi connectivity index (χ1n) is 8.90. The van der Waals surface area contributed by atoms with Gasteiger partial charge in [0.25, 0.3) is 5.56 Å². The van der Waals surface area contributed by atoms with Crippen LogP contribution in [0.1, 0.15) is 43.0 Å². The third-order valence-electron chi connectivity index (χ3n) is 4.91. The number of aryl methyl sites for hydroxylation is 1. The fraction of sp³-hybridized carbons (Fsp3) is 0.318. The van der Waals surface area contributed by atoms with E-state index >= 15 is 0 Å². The number of aromatic nitrogens is 3. The van der Waals surface area contributed by atoms with E-state index in [-0.39, 0.29) is 11.0 Å². The third kappa shape index (κ3) is 3.13. The highest BCUT2D eigenvalue weighted by atomic mass is 16.1. The molecule has 0 fully saturated rings. The molecular formula is C22H21N3O. The molecule has 2 aromatic heterocycles. The first kappa shape index (κ1) is 16.5. The Hall–Kier alpha value is -2.93. The quantitative estimate of drug-likeness (QED) is 0.587. The molecule has 0 radical (unpaired) electrons. The fourth-order valence-corrected chi connectivity index (χ4v) is 3.39. The van der Waals surface area contributed by atoms with Crippen molar-refractivity contribution < 1.29 is 0 Å². The molecule has 0 unspecified atom stereocenters. The average Bonchev–Trinajstić information content (AvgIpc) is 2.59. The molecule has 4 nitrogen and oxygen atoms in total. The summed E-state index contributed by atoms with van der Waals surface area (Å²) in [4.78, 5) is 22.0. The van der Waals surface area contributed by atoms with Crippen molar-refractivity contribution >= 4 is 10.9 Å².